The fourth-order valence-corrected chi connectivity index (χ4v) is 2.37. The first-order valence-corrected chi connectivity index (χ1v) is 8.29. The van der Waals surface area contributed by atoms with Gasteiger partial charge >= 0.3 is 6.03 Å². The highest BCUT2D eigenvalue weighted by Crippen LogP contribution is 2.17. The van der Waals surface area contributed by atoms with Gasteiger partial charge in [-0.1, -0.05) is 13.3 Å². The second kappa shape index (κ2) is 8.90. The molecule has 0 spiro atoms. The molecule has 0 bridgehead atoms. The Labute approximate surface area is 143 Å². The van der Waals surface area contributed by atoms with Crippen LogP contribution < -0.4 is 15.5 Å². The quantitative estimate of drug-likeness (QED) is 0.780. The van der Waals surface area contributed by atoms with Crippen LogP contribution in [0.4, 0.5) is 16.2 Å². The molecule has 0 aliphatic heterocycles. The number of hydrogen-bond acceptors (Lipinski definition) is 4. The van der Waals surface area contributed by atoms with Crippen LogP contribution in [0.25, 0.3) is 0 Å². The van der Waals surface area contributed by atoms with Crippen LogP contribution >= 0.6 is 0 Å². The van der Waals surface area contributed by atoms with Crippen molar-refractivity contribution in [2.75, 3.05) is 23.8 Å². The van der Waals surface area contributed by atoms with E-state index in [0.717, 1.165) is 17.9 Å². The Morgan fingerprint density at radius 1 is 1.33 bits per heavy atom. The van der Waals surface area contributed by atoms with Gasteiger partial charge in [-0.15, -0.1) is 0 Å². The first-order valence-electron chi connectivity index (χ1n) is 8.29. The van der Waals surface area contributed by atoms with Crippen molar-refractivity contribution in [2.24, 2.45) is 0 Å². The number of nitrogens with zero attached hydrogens (tertiary/aromatic N) is 4. The van der Waals surface area contributed by atoms with E-state index in [0.29, 0.717) is 6.54 Å². The molecule has 2 amide bonds. The second-order valence-corrected chi connectivity index (χ2v) is 5.94. The minimum Gasteiger partial charge on any atom is -0.375 e. The molecule has 0 fully saturated rings. The summed E-state index contributed by atoms with van der Waals surface area (Å²) in [7, 11) is 2.08. The summed E-state index contributed by atoms with van der Waals surface area (Å²) in [5.41, 5.74) is 1.92. The lowest BCUT2D eigenvalue weighted by Gasteiger charge is -2.19. The van der Waals surface area contributed by atoms with Crippen molar-refractivity contribution in [3.63, 3.8) is 0 Å². The number of hydrogen-bond donors (Lipinski definition) is 2. The van der Waals surface area contributed by atoms with Crippen molar-refractivity contribution >= 4 is 17.4 Å². The third-order valence-electron chi connectivity index (χ3n) is 3.72. The van der Waals surface area contributed by atoms with E-state index >= 15 is 0 Å². The monoisotopic (exact) mass is 330 g/mol. The maximum atomic E-state index is 12.0. The molecule has 130 valence electrons. The van der Waals surface area contributed by atoms with Crippen molar-refractivity contribution in [3.05, 3.63) is 36.9 Å². The number of anilines is 2. The number of urea groups is 1. The molecular weight excluding hydrogens is 304 g/mol. The van der Waals surface area contributed by atoms with Crippen LogP contribution in [0.15, 0.2) is 36.9 Å². The molecule has 7 nitrogen and oxygen atoms in total. The van der Waals surface area contributed by atoms with Crippen LogP contribution in [0.1, 0.15) is 26.7 Å². The predicted octanol–water partition coefficient (Wildman–Crippen LogP) is 2.72. The second-order valence-electron chi connectivity index (χ2n) is 5.94. The molecule has 0 unspecified atom stereocenters. The van der Waals surface area contributed by atoms with Gasteiger partial charge in [-0.25, -0.2) is 9.78 Å². The summed E-state index contributed by atoms with van der Waals surface area (Å²) in [6, 6.07) is 7.59. The molecule has 2 N–H and O–H groups in total. The summed E-state index contributed by atoms with van der Waals surface area (Å²) < 4.78 is 1.69. The number of carbonyl (C=O) groups excluding carboxylic acids is 1. The van der Waals surface area contributed by atoms with Crippen LogP contribution in [0.5, 0.6) is 0 Å². The zero-order valence-electron chi connectivity index (χ0n) is 14.6. The number of benzene rings is 1. The Morgan fingerprint density at radius 3 is 2.71 bits per heavy atom. The molecule has 1 atom stereocenters. The average Bonchev–Trinajstić information content (AvgIpc) is 3.05. The van der Waals surface area contributed by atoms with Gasteiger partial charge in [0.25, 0.3) is 0 Å². The molecule has 2 rings (SSSR count). The molecule has 1 aromatic carbocycles. The van der Waals surface area contributed by atoms with Crippen molar-refractivity contribution in [3.8, 4) is 0 Å². The number of nitrogens with one attached hydrogen (secondary N) is 2. The van der Waals surface area contributed by atoms with Gasteiger partial charge in [-0.2, -0.15) is 5.10 Å². The van der Waals surface area contributed by atoms with E-state index in [1.54, 1.807) is 11.0 Å². The van der Waals surface area contributed by atoms with Crippen LogP contribution in [0.3, 0.4) is 0 Å². The maximum absolute atomic E-state index is 12.0. The fraction of sp³-hybridized carbons (Fsp3) is 0.471. The summed E-state index contributed by atoms with van der Waals surface area (Å²) in [5, 5.41) is 9.75. The Hall–Kier alpha value is -2.57. The number of carbonyl (C=O) groups is 1. The predicted molar refractivity (Wildman–Crippen MR) is 96.3 cm³/mol. The molecule has 0 aliphatic rings. The van der Waals surface area contributed by atoms with E-state index in [2.05, 4.69) is 39.6 Å². The van der Waals surface area contributed by atoms with Crippen LogP contribution in [0, 0.1) is 0 Å². The van der Waals surface area contributed by atoms with E-state index < -0.39 is 0 Å². The number of unbranched alkanes of at least 4 members (excludes halogenated alkanes) is 1. The van der Waals surface area contributed by atoms with Gasteiger partial charge in [0.05, 0.1) is 6.54 Å². The van der Waals surface area contributed by atoms with Gasteiger partial charge in [-0.3, -0.25) is 4.68 Å². The molecule has 1 heterocycles. The number of rotatable bonds is 8. The lowest BCUT2D eigenvalue weighted by atomic mass is 10.2. The van der Waals surface area contributed by atoms with Crippen LogP contribution in [-0.4, -0.2) is 40.4 Å². The summed E-state index contributed by atoms with van der Waals surface area (Å²) in [6.07, 6.45) is 5.45. The normalized spacial score (nSPS) is 11.8. The van der Waals surface area contributed by atoms with E-state index in [9.17, 15) is 4.79 Å². The zero-order valence-corrected chi connectivity index (χ0v) is 14.6. The van der Waals surface area contributed by atoms with Gasteiger partial charge in [0.15, 0.2) is 0 Å². The third-order valence-corrected chi connectivity index (χ3v) is 3.72. The number of aromatic nitrogens is 3. The topological polar surface area (TPSA) is 75.1 Å². The summed E-state index contributed by atoms with van der Waals surface area (Å²) in [4.78, 5) is 18.1. The standard InChI is InChI=1S/C17H26N6O/c1-4-5-10-22(3)16-8-6-15(7-9-16)21-17(24)20-14(2)11-23-13-18-12-19-23/h6-9,12-14H,4-5,10-11H2,1-3H3,(H2,20,21,24)/t14-/m0/s1. The van der Waals surface area contributed by atoms with Gasteiger partial charge in [-0.05, 0) is 37.6 Å². The van der Waals surface area contributed by atoms with E-state index in [1.165, 1.54) is 19.2 Å². The third kappa shape index (κ3) is 5.57. The van der Waals surface area contributed by atoms with Gasteiger partial charge in [0, 0.05) is 31.0 Å². The maximum Gasteiger partial charge on any atom is 0.319 e. The molecule has 0 aliphatic carbocycles. The number of amides is 2. The highest BCUT2D eigenvalue weighted by atomic mass is 16.2. The van der Waals surface area contributed by atoms with Crippen molar-refractivity contribution < 1.29 is 4.79 Å². The molecule has 24 heavy (non-hydrogen) atoms. The Balaban J connectivity index is 1.81. The minimum absolute atomic E-state index is 0.0499. The van der Waals surface area contributed by atoms with Crippen LogP contribution in [-0.2, 0) is 6.54 Å². The molecule has 7 heteroatoms. The zero-order chi connectivity index (χ0) is 17.4. The van der Waals surface area contributed by atoms with E-state index in [4.69, 9.17) is 0 Å². The minimum atomic E-state index is -0.227. The SMILES string of the molecule is CCCCN(C)c1ccc(NC(=O)N[C@@H](C)Cn2cncn2)cc1. The van der Waals surface area contributed by atoms with Crippen molar-refractivity contribution in [2.45, 2.75) is 39.3 Å². The molecule has 1 aromatic heterocycles. The molecule has 0 saturated heterocycles. The highest BCUT2D eigenvalue weighted by Gasteiger charge is 2.09. The van der Waals surface area contributed by atoms with Gasteiger partial charge in [0.2, 0.25) is 0 Å². The van der Waals surface area contributed by atoms with E-state index in [-0.39, 0.29) is 12.1 Å². The molecule has 0 radical (unpaired) electrons. The molecule has 0 saturated carbocycles. The van der Waals surface area contributed by atoms with E-state index in [1.807, 2.05) is 31.2 Å². The Kier molecular flexibility index (Phi) is 6.60. The van der Waals surface area contributed by atoms with Crippen LogP contribution in [0.2, 0.25) is 0 Å². The highest BCUT2D eigenvalue weighted by molar-refractivity contribution is 5.89. The molecule has 2 aromatic rings. The smallest absolute Gasteiger partial charge is 0.319 e. The Morgan fingerprint density at radius 2 is 2.08 bits per heavy atom. The Bertz CT molecular complexity index is 611. The van der Waals surface area contributed by atoms with Crippen molar-refractivity contribution in [1.29, 1.82) is 0 Å². The summed E-state index contributed by atoms with van der Waals surface area (Å²) in [5.74, 6) is 0. The largest absolute Gasteiger partial charge is 0.375 e. The average molecular weight is 330 g/mol. The fourth-order valence-electron chi connectivity index (χ4n) is 2.37. The summed E-state index contributed by atoms with van der Waals surface area (Å²) in [6.45, 7) is 5.72. The lowest BCUT2D eigenvalue weighted by Crippen LogP contribution is -2.38. The van der Waals surface area contributed by atoms with Gasteiger partial charge in [0.1, 0.15) is 12.7 Å². The first kappa shape index (κ1) is 17.8. The summed E-state index contributed by atoms with van der Waals surface area (Å²) >= 11 is 0. The van der Waals surface area contributed by atoms with Crippen molar-refractivity contribution in [1.82, 2.24) is 20.1 Å². The first-order chi connectivity index (χ1) is 11.6. The van der Waals surface area contributed by atoms with Gasteiger partial charge < -0.3 is 15.5 Å². The molecular formula is C17H26N6O. The lowest BCUT2D eigenvalue weighted by molar-refractivity contribution is 0.247.